The van der Waals surface area contributed by atoms with E-state index in [-0.39, 0.29) is 0 Å². The molecule has 3 nitrogen and oxygen atoms in total. The summed E-state index contributed by atoms with van der Waals surface area (Å²) in [5.74, 6) is 0. The number of aliphatic hydroxyl groups is 1. The van der Waals surface area contributed by atoms with Crippen molar-refractivity contribution >= 4 is 11.4 Å². The Morgan fingerprint density at radius 1 is 1.11 bits per heavy atom. The van der Waals surface area contributed by atoms with Gasteiger partial charge >= 0.3 is 0 Å². The molecule has 2 aromatic rings. The Hall–Kier alpha value is -2.00. The highest BCUT2D eigenvalue weighted by molar-refractivity contribution is 5.69. The minimum absolute atomic E-state index is 0.444. The van der Waals surface area contributed by atoms with Gasteiger partial charge in [-0.3, -0.25) is 0 Å². The van der Waals surface area contributed by atoms with Gasteiger partial charge in [0, 0.05) is 6.54 Å². The zero-order chi connectivity index (χ0) is 13.0. The van der Waals surface area contributed by atoms with Crippen molar-refractivity contribution in [3.63, 3.8) is 0 Å². The largest absolute Gasteiger partial charge is 0.397 e. The van der Waals surface area contributed by atoms with Crippen LogP contribution in [0, 0.1) is 6.92 Å². The first-order valence-corrected chi connectivity index (χ1v) is 6.00. The molecule has 0 fully saturated rings. The molecule has 0 radical (unpaired) electrons. The van der Waals surface area contributed by atoms with E-state index in [0.29, 0.717) is 12.2 Å². The van der Waals surface area contributed by atoms with Crippen LogP contribution in [0.3, 0.4) is 0 Å². The van der Waals surface area contributed by atoms with Crippen LogP contribution in [-0.4, -0.2) is 11.7 Å². The van der Waals surface area contributed by atoms with E-state index in [1.54, 1.807) is 0 Å². The fraction of sp³-hybridized carbons (Fsp3) is 0.200. The van der Waals surface area contributed by atoms with E-state index >= 15 is 0 Å². The predicted octanol–water partition coefficient (Wildman–Crippen LogP) is 2.72. The number of hydrogen-bond donors (Lipinski definition) is 3. The van der Waals surface area contributed by atoms with Gasteiger partial charge in [0.05, 0.1) is 17.5 Å². The normalized spacial score (nSPS) is 12.1. The van der Waals surface area contributed by atoms with Crippen molar-refractivity contribution in [2.45, 2.75) is 13.0 Å². The van der Waals surface area contributed by atoms with Crippen molar-refractivity contribution in [2.24, 2.45) is 0 Å². The molecule has 3 heteroatoms. The van der Waals surface area contributed by atoms with Gasteiger partial charge in [-0.05, 0) is 24.1 Å². The smallest absolute Gasteiger partial charge is 0.0962 e. The number of hydrogen-bond acceptors (Lipinski definition) is 3. The van der Waals surface area contributed by atoms with Crippen LogP contribution in [-0.2, 0) is 0 Å². The highest BCUT2D eigenvalue weighted by atomic mass is 16.3. The van der Waals surface area contributed by atoms with E-state index in [1.807, 2.05) is 55.5 Å². The Morgan fingerprint density at radius 3 is 2.50 bits per heavy atom. The highest BCUT2D eigenvalue weighted by Crippen LogP contribution is 2.23. The highest BCUT2D eigenvalue weighted by Gasteiger charge is 2.08. The maximum Gasteiger partial charge on any atom is 0.0962 e. The fourth-order valence-electron chi connectivity index (χ4n) is 1.92. The van der Waals surface area contributed by atoms with Crippen molar-refractivity contribution in [2.75, 3.05) is 17.6 Å². The molecule has 2 rings (SSSR count). The van der Waals surface area contributed by atoms with Crippen LogP contribution < -0.4 is 11.1 Å². The molecule has 1 unspecified atom stereocenters. The zero-order valence-corrected chi connectivity index (χ0v) is 10.4. The maximum absolute atomic E-state index is 10.1. The molecular weight excluding hydrogens is 224 g/mol. The molecule has 0 aromatic heterocycles. The Balaban J connectivity index is 2.04. The topological polar surface area (TPSA) is 58.3 Å². The lowest BCUT2D eigenvalue weighted by Gasteiger charge is -2.16. The van der Waals surface area contributed by atoms with Crippen molar-refractivity contribution in [1.82, 2.24) is 0 Å². The molecule has 94 valence electrons. The molecule has 0 bridgehead atoms. The van der Waals surface area contributed by atoms with Crippen molar-refractivity contribution < 1.29 is 5.11 Å². The number of nitrogen functional groups attached to an aromatic ring is 1. The van der Waals surface area contributed by atoms with Gasteiger partial charge in [0.2, 0.25) is 0 Å². The van der Waals surface area contributed by atoms with Gasteiger partial charge in [-0.2, -0.15) is 0 Å². The summed E-state index contributed by atoms with van der Waals surface area (Å²) in [6, 6.07) is 15.4. The SMILES string of the molecule is Cc1cccc(N)c1NCC(O)c1ccccc1. The first-order valence-electron chi connectivity index (χ1n) is 6.00. The molecular formula is C15H18N2O. The lowest BCUT2D eigenvalue weighted by molar-refractivity contribution is 0.191. The van der Waals surface area contributed by atoms with Crippen LogP contribution >= 0.6 is 0 Å². The minimum Gasteiger partial charge on any atom is -0.397 e. The van der Waals surface area contributed by atoms with Crippen LogP contribution in [0.4, 0.5) is 11.4 Å². The Bertz CT molecular complexity index is 491. The molecule has 0 saturated heterocycles. The molecule has 18 heavy (non-hydrogen) atoms. The summed E-state index contributed by atoms with van der Waals surface area (Å²) >= 11 is 0. The first-order chi connectivity index (χ1) is 8.68. The van der Waals surface area contributed by atoms with Gasteiger partial charge < -0.3 is 16.2 Å². The number of nitrogens with two attached hydrogens (primary N) is 1. The second-order valence-electron chi connectivity index (χ2n) is 4.35. The number of aliphatic hydroxyl groups excluding tert-OH is 1. The maximum atomic E-state index is 10.1. The van der Waals surface area contributed by atoms with E-state index in [0.717, 1.165) is 16.8 Å². The van der Waals surface area contributed by atoms with Gasteiger partial charge in [-0.1, -0.05) is 42.5 Å². The lowest BCUT2D eigenvalue weighted by Crippen LogP contribution is -2.13. The third-order valence-electron chi connectivity index (χ3n) is 2.96. The molecule has 0 amide bonds. The molecule has 2 aromatic carbocycles. The molecule has 0 aliphatic carbocycles. The predicted molar refractivity (Wildman–Crippen MR) is 75.5 cm³/mol. The molecule has 1 atom stereocenters. The number of rotatable bonds is 4. The first kappa shape index (κ1) is 12.5. The van der Waals surface area contributed by atoms with Crippen molar-refractivity contribution in [3.05, 3.63) is 59.7 Å². The average Bonchev–Trinajstić information content (AvgIpc) is 2.39. The minimum atomic E-state index is -0.537. The lowest BCUT2D eigenvalue weighted by atomic mass is 10.1. The molecule has 0 aliphatic heterocycles. The van der Waals surface area contributed by atoms with E-state index < -0.39 is 6.10 Å². The summed E-state index contributed by atoms with van der Waals surface area (Å²) in [5, 5.41) is 13.3. The average molecular weight is 242 g/mol. The molecule has 0 saturated carbocycles. The van der Waals surface area contributed by atoms with E-state index in [4.69, 9.17) is 5.73 Å². The summed E-state index contributed by atoms with van der Waals surface area (Å²) in [4.78, 5) is 0. The summed E-state index contributed by atoms with van der Waals surface area (Å²) < 4.78 is 0. The standard InChI is InChI=1S/C15H18N2O/c1-11-6-5-9-13(16)15(11)17-10-14(18)12-7-3-2-4-8-12/h2-9,14,17-18H,10,16H2,1H3. The number of aryl methyl sites for hydroxylation is 1. The van der Waals surface area contributed by atoms with Crippen molar-refractivity contribution in [1.29, 1.82) is 0 Å². The summed E-state index contributed by atoms with van der Waals surface area (Å²) in [6.45, 7) is 2.44. The third-order valence-corrected chi connectivity index (χ3v) is 2.96. The van der Waals surface area contributed by atoms with Crippen molar-refractivity contribution in [3.8, 4) is 0 Å². The summed E-state index contributed by atoms with van der Waals surface area (Å²) in [5.41, 5.74) is 9.48. The number of para-hydroxylation sites is 1. The number of nitrogens with one attached hydrogen (secondary N) is 1. The van der Waals surface area contributed by atoms with Crippen LogP contribution in [0.1, 0.15) is 17.2 Å². The summed E-state index contributed by atoms with van der Waals surface area (Å²) in [6.07, 6.45) is -0.537. The number of anilines is 2. The zero-order valence-electron chi connectivity index (χ0n) is 10.4. The second-order valence-corrected chi connectivity index (χ2v) is 4.35. The van der Waals surface area contributed by atoms with Crippen LogP contribution in [0.2, 0.25) is 0 Å². The van der Waals surface area contributed by atoms with E-state index in [1.165, 1.54) is 0 Å². The second kappa shape index (κ2) is 5.56. The number of benzene rings is 2. The van der Waals surface area contributed by atoms with Gasteiger partial charge in [0.15, 0.2) is 0 Å². The Morgan fingerprint density at radius 2 is 1.83 bits per heavy atom. The monoisotopic (exact) mass is 242 g/mol. The van der Waals surface area contributed by atoms with Crippen LogP contribution in [0.5, 0.6) is 0 Å². The third kappa shape index (κ3) is 2.81. The Labute approximate surface area is 107 Å². The molecule has 4 N–H and O–H groups in total. The quantitative estimate of drug-likeness (QED) is 0.722. The molecule has 0 spiro atoms. The van der Waals surface area contributed by atoms with Gasteiger partial charge in [0.1, 0.15) is 0 Å². The molecule has 0 aliphatic rings. The fourth-order valence-corrected chi connectivity index (χ4v) is 1.92. The van der Waals surface area contributed by atoms with Gasteiger partial charge in [-0.25, -0.2) is 0 Å². The van der Waals surface area contributed by atoms with Gasteiger partial charge in [-0.15, -0.1) is 0 Å². The molecule has 0 heterocycles. The van der Waals surface area contributed by atoms with E-state index in [2.05, 4.69) is 5.32 Å². The Kier molecular flexibility index (Phi) is 3.85. The van der Waals surface area contributed by atoms with Crippen LogP contribution in [0.25, 0.3) is 0 Å². The van der Waals surface area contributed by atoms with E-state index in [9.17, 15) is 5.11 Å². The summed E-state index contributed by atoms with van der Waals surface area (Å²) in [7, 11) is 0. The van der Waals surface area contributed by atoms with Gasteiger partial charge in [0.25, 0.3) is 0 Å². The van der Waals surface area contributed by atoms with Crippen LogP contribution in [0.15, 0.2) is 48.5 Å².